The van der Waals surface area contributed by atoms with Gasteiger partial charge in [0.15, 0.2) is 0 Å². The zero-order valence-electron chi connectivity index (χ0n) is 26.6. The molecule has 46 heavy (non-hydrogen) atoms. The molecule has 0 aromatic heterocycles. The van der Waals surface area contributed by atoms with E-state index >= 15 is 0 Å². The van der Waals surface area contributed by atoms with E-state index in [2.05, 4.69) is 26.6 Å². The van der Waals surface area contributed by atoms with Crippen LogP contribution in [0, 0.1) is 5.92 Å². The van der Waals surface area contributed by atoms with Crippen molar-refractivity contribution >= 4 is 47.3 Å². The Morgan fingerprint density at radius 2 is 1.54 bits per heavy atom. The maximum absolute atomic E-state index is 13.3. The van der Waals surface area contributed by atoms with Gasteiger partial charge in [-0.05, 0) is 56.2 Å². The van der Waals surface area contributed by atoms with E-state index in [9.17, 15) is 33.6 Å². The number of amides is 8. The number of rotatable bonds is 19. The zero-order chi connectivity index (χ0) is 34.1. The molecule has 1 aromatic carbocycles. The molecule has 0 saturated heterocycles. The fraction of sp³-hybridized carbons (Fsp3) is 0.516. The molecule has 0 spiro atoms. The molecule has 0 fully saturated rings. The molecule has 2 atom stereocenters. The number of primary amides is 1. The first-order valence-electron chi connectivity index (χ1n) is 15.4. The van der Waals surface area contributed by atoms with E-state index < -0.39 is 36.0 Å². The third-order valence-corrected chi connectivity index (χ3v) is 6.97. The number of imide groups is 1. The number of carbonyl (C=O) groups excluding carboxylic acids is 7. The van der Waals surface area contributed by atoms with E-state index in [0.717, 1.165) is 4.90 Å². The lowest BCUT2D eigenvalue weighted by Crippen LogP contribution is -2.54. The van der Waals surface area contributed by atoms with Crippen molar-refractivity contribution in [3.05, 3.63) is 42.0 Å². The van der Waals surface area contributed by atoms with Crippen LogP contribution in [0.15, 0.2) is 36.4 Å². The SMILES string of the molecule is CCNC(=O)OCc1ccc(NC(=O)C(CCCNC(N)=O)NC(=O)C(NC(=O)CCCCCN2C(=O)C=CC2=O)C(C)C)cc1. The standard InChI is InChI=1S/C31H45N7O8/c1-4-33-31(45)46-19-21-11-13-22(14-12-21)35-28(42)23(9-8-17-34-30(32)44)36-29(43)27(20(2)3)37-24(39)10-6-5-7-18-38-25(40)15-16-26(38)41/h11-16,20,23,27H,4-10,17-19H2,1-3H3,(H,33,45)(H,35,42)(H,36,43)(H,37,39)(H3,32,34,44). The highest BCUT2D eigenvalue weighted by molar-refractivity contribution is 6.12. The Hall–Kier alpha value is -4.95. The number of carbonyl (C=O) groups is 7. The number of urea groups is 1. The molecule has 1 aliphatic heterocycles. The second-order valence-electron chi connectivity index (χ2n) is 11.0. The van der Waals surface area contributed by atoms with Crippen LogP contribution < -0.4 is 32.3 Å². The molecule has 2 rings (SSSR count). The van der Waals surface area contributed by atoms with Gasteiger partial charge in [0.2, 0.25) is 17.7 Å². The fourth-order valence-electron chi connectivity index (χ4n) is 4.47. The van der Waals surface area contributed by atoms with Gasteiger partial charge in [-0.3, -0.25) is 28.9 Å². The Labute approximate surface area is 268 Å². The summed E-state index contributed by atoms with van der Waals surface area (Å²) in [4.78, 5) is 86.3. The molecule has 15 heteroatoms. The summed E-state index contributed by atoms with van der Waals surface area (Å²) in [5, 5.41) is 13.2. The molecule has 0 aliphatic carbocycles. The van der Waals surface area contributed by atoms with Gasteiger partial charge in [-0.25, -0.2) is 9.59 Å². The van der Waals surface area contributed by atoms with Gasteiger partial charge < -0.3 is 37.1 Å². The molecule has 0 radical (unpaired) electrons. The average Bonchev–Trinajstić information content (AvgIpc) is 3.32. The lowest BCUT2D eigenvalue weighted by molar-refractivity contribution is -0.137. The molecular weight excluding hydrogens is 598 g/mol. The number of anilines is 1. The maximum Gasteiger partial charge on any atom is 0.407 e. The lowest BCUT2D eigenvalue weighted by atomic mass is 10.0. The van der Waals surface area contributed by atoms with Crippen LogP contribution in [0.1, 0.15) is 64.9 Å². The molecule has 2 unspecified atom stereocenters. The summed E-state index contributed by atoms with van der Waals surface area (Å²) in [6, 6.07) is 4.03. The van der Waals surface area contributed by atoms with Crippen LogP contribution in [0.25, 0.3) is 0 Å². The Kier molecular flexibility index (Phi) is 15.7. The third kappa shape index (κ3) is 13.4. The molecule has 15 nitrogen and oxygen atoms in total. The Balaban J connectivity index is 1.94. The molecule has 252 valence electrons. The van der Waals surface area contributed by atoms with Crippen molar-refractivity contribution in [2.45, 2.75) is 78.0 Å². The molecule has 8 amide bonds. The highest BCUT2D eigenvalue weighted by Crippen LogP contribution is 2.13. The van der Waals surface area contributed by atoms with Crippen molar-refractivity contribution in [3.63, 3.8) is 0 Å². The number of unbranched alkanes of at least 4 members (excludes halogenated alkanes) is 2. The summed E-state index contributed by atoms with van der Waals surface area (Å²) < 4.78 is 5.09. The van der Waals surface area contributed by atoms with Crippen LogP contribution in [0.4, 0.5) is 15.3 Å². The minimum absolute atomic E-state index is 0.0479. The first-order valence-corrected chi connectivity index (χ1v) is 15.4. The van der Waals surface area contributed by atoms with Gasteiger partial charge in [0.1, 0.15) is 18.7 Å². The number of nitrogens with two attached hydrogens (primary N) is 1. The van der Waals surface area contributed by atoms with E-state index in [-0.39, 0.29) is 56.2 Å². The average molecular weight is 644 g/mol. The first kappa shape index (κ1) is 37.2. The maximum atomic E-state index is 13.3. The summed E-state index contributed by atoms with van der Waals surface area (Å²) in [5.41, 5.74) is 6.28. The smallest absolute Gasteiger partial charge is 0.407 e. The fourth-order valence-corrected chi connectivity index (χ4v) is 4.47. The predicted molar refractivity (Wildman–Crippen MR) is 169 cm³/mol. The van der Waals surface area contributed by atoms with Crippen molar-refractivity contribution in [1.29, 1.82) is 0 Å². The van der Waals surface area contributed by atoms with Crippen LogP contribution in [0.2, 0.25) is 0 Å². The summed E-state index contributed by atoms with van der Waals surface area (Å²) in [5.74, 6) is -2.37. The Morgan fingerprint density at radius 3 is 2.15 bits per heavy atom. The number of benzene rings is 1. The monoisotopic (exact) mass is 643 g/mol. The van der Waals surface area contributed by atoms with Gasteiger partial charge in [-0.15, -0.1) is 0 Å². The van der Waals surface area contributed by atoms with Crippen LogP contribution in [0.3, 0.4) is 0 Å². The molecule has 1 aromatic rings. The number of nitrogens with one attached hydrogen (secondary N) is 5. The van der Waals surface area contributed by atoms with E-state index in [1.807, 2.05) is 0 Å². The Bertz CT molecular complexity index is 1250. The van der Waals surface area contributed by atoms with Crippen molar-refractivity contribution in [2.75, 3.05) is 25.0 Å². The molecule has 1 aliphatic rings. The molecule has 7 N–H and O–H groups in total. The van der Waals surface area contributed by atoms with E-state index in [1.165, 1.54) is 12.2 Å². The van der Waals surface area contributed by atoms with Gasteiger partial charge >= 0.3 is 12.1 Å². The number of alkyl carbamates (subject to hydrolysis) is 1. The largest absolute Gasteiger partial charge is 0.445 e. The summed E-state index contributed by atoms with van der Waals surface area (Å²) in [6.45, 7) is 6.27. The van der Waals surface area contributed by atoms with E-state index in [4.69, 9.17) is 10.5 Å². The van der Waals surface area contributed by atoms with E-state index in [0.29, 0.717) is 43.5 Å². The second kappa shape index (κ2) is 19.4. The second-order valence-corrected chi connectivity index (χ2v) is 11.0. The minimum Gasteiger partial charge on any atom is -0.445 e. The first-order chi connectivity index (χ1) is 21.9. The minimum atomic E-state index is -0.994. The van der Waals surface area contributed by atoms with Crippen molar-refractivity contribution in [2.24, 2.45) is 11.7 Å². The summed E-state index contributed by atoms with van der Waals surface area (Å²) >= 11 is 0. The van der Waals surface area contributed by atoms with E-state index in [1.54, 1.807) is 45.0 Å². The molecule has 1 heterocycles. The molecular formula is C31H45N7O8. The number of nitrogens with zero attached hydrogens (tertiary/aromatic N) is 1. The lowest BCUT2D eigenvalue weighted by Gasteiger charge is -2.25. The van der Waals surface area contributed by atoms with Gasteiger partial charge in [-0.2, -0.15) is 0 Å². The number of hydrogen-bond donors (Lipinski definition) is 6. The van der Waals surface area contributed by atoms with Gasteiger partial charge in [0.25, 0.3) is 11.8 Å². The van der Waals surface area contributed by atoms with Crippen LogP contribution in [-0.2, 0) is 35.3 Å². The van der Waals surface area contributed by atoms with Crippen molar-refractivity contribution < 1.29 is 38.3 Å². The highest BCUT2D eigenvalue weighted by atomic mass is 16.5. The highest BCUT2D eigenvalue weighted by Gasteiger charge is 2.29. The van der Waals surface area contributed by atoms with Gasteiger partial charge in [0.05, 0.1) is 0 Å². The van der Waals surface area contributed by atoms with Gasteiger partial charge in [0, 0.05) is 43.9 Å². The zero-order valence-corrected chi connectivity index (χ0v) is 26.6. The van der Waals surface area contributed by atoms with Crippen LogP contribution >= 0.6 is 0 Å². The number of ether oxygens (including phenoxy) is 1. The van der Waals surface area contributed by atoms with Crippen molar-refractivity contribution in [3.8, 4) is 0 Å². The predicted octanol–water partition coefficient (Wildman–Crippen LogP) is 1.43. The topological polar surface area (TPSA) is 218 Å². The van der Waals surface area contributed by atoms with Crippen molar-refractivity contribution in [1.82, 2.24) is 26.2 Å². The summed E-state index contributed by atoms with van der Waals surface area (Å²) in [6.07, 6.45) is 4.22. The van der Waals surface area contributed by atoms with Crippen LogP contribution in [-0.4, -0.2) is 78.3 Å². The molecule has 0 saturated carbocycles. The molecule has 0 bridgehead atoms. The van der Waals surface area contributed by atoms with Gasteiger partial charge in [-0.1, -0.05) is 32.4 Å². The van der Waals surface area contributed by atoms with Crippen LogP contribution in [0.5, 0.6) is 0 Å². The third-order valence-electron chi connectivity index (χ3n) is 6.97. The number of hydrogen-bond acceptors (Lipinski definition) is 8. The quantitative estimate of drug-likeness (QED) is 0.0955. The normalized spacial score (nSPS) is 13.6. The summed E-state index contributed by atoms with van der Waals surface area (Å²) in [7, 11) is 0. The Morgan fingerprint density at radius 1 is 0.870 bits per heavy atom.